The fraction of sp³-hybridized carbons (Fsp3) is 0.348. The maximum absolute atomic E-state index is 13.3. The van der Waals surface area contributed by atoms with Crippen molar-refractivity contribution in [2.45, 2.75) is 39.0 Å². The van der Waals surface area contributed by atoms with Gasteiger partial charge in [-0.2, -0.15) is 4.98 Å². The molecule has 0 N–H and O–H groups in total. The molecule has 1 atom stereocenters. The molecule has 1 aliphatic heterocycles. The highest BCUT2D eigenvalue weighted by Crippen LogP contribution is 2.20. The molecule has 0 aliphatic carbocycles. The van der Waals surface area contributed by atoms with E-state index in [0.29, 0.717) is 23.5 Å². The van der Waals surface area contributed by atoms with Crippen LogP contribution in [0.3, 0.4) is 0 Å². The lowest BCUT2D eigenvalue weighted by atomic mass is 10.2. The maximum Gasteiger partial charge on any atom is 0.332 e. The SMILES string of the molecule is Cc1cn2c3c(=O)n(CC=Cc4ccccc4)c(=O)n(C)c3nc2n1CC1CCCO1. The van der Waals surface area contributed by atoms with Crippen molar-refractivity contribution < 1.29 is 4.74 Å². The Morgan fingerprint density at radius 2 is 2.00 bits per heavy atom. The zero-order valence-electron chi connectivity index (χ0n) is 17.7. The van der Waals surface area contributed by atoms with Gasteiger partial charge in [-0.3, -0.25) is 18.3 Å². The van der Waals surface area contributed by atoms with Gasteiger partial charge in [-0.25, -0.2) is 4.79 Å². The maximum atomic E-state index is 13.3. The highest BCUT2D eigenvalue weighted by Gasteiger charge is 2.22. The number of imidazole rings is 2. The Kier molecular flexibility index (Phi) is 4.86. The molecule has 160 valence electrons. The van der Waals surface area contributed by atoms with Gasteiger partial charge in [0, 0.05) is 32.1 Å². The summed E-state index contributed by atoms with van der Waals surface area (Å²) in [5.41, 5.74) is 2.12. The Balaban J connectivity index is 1.60. The van der Waals surface area contributed by atoms with Gasteiger partial charge in [-0.15, -0.1) is 0 Å². The van der Waals surface area contributed by atoms with E-state index < -0.39 is 0 Å². The summed E-state index contributed by atoms with van der Waals surface area (Å²) in [6.07, 6.45) is 7.88. The van der Waals surface area contributed by atoms with Crippen molar-refractivity contribution in [3.8, 4) is 0 Å². The summed E-state index contributed by atoms with van der Waals surface area (Å²) < 4.78 is 12.4. The van der Waals surface area contributed by atoms with Crippen molar-refractivity contribution in [1.29, 1.82) is 0 Å². The number of nitrogens with zero attached hydrogens (tertiary/aromatic N) is 5. The van der Waals surface area contributed by atoms with E-state index in [-0.39, 0.29) is 23.9 Å². The van der Waals surface area contributed by atoms with Gasteiger partial charge in [0.25, 0.3) is 5.56 Å². The zero-order valence-corrected chi connectivity index (χ0v) is 17.7. The Morgan fingerprint density at radius 1 is 1.19 bits per heavy atom. The predicted molar refractivity (Wildman–Crippen MR) is 119 cm³/mol. The van der Waals surface area contributed by atoms with Crippen LogP contribution < -0.4 is 11.2 Å². The third-order valence-corrected chi connectivity index (χ3v) is 5.95. The molecule has 0 radical (unpaired) electrons. The summed E-state index contributed by atoms with van der Waals surface area (Å²) >= 11 is 0. The largest absolute Gasteiger partial charge is 0.376 e. The number of aromatic nitrogens is 5. The molecule has 0 saturated carbocycles. The number of rotatable bonds is 5. The second kappa shape index (κ2) is 7.70. The fourth-order valence-electron chi connectivity index (χ4n) is 4.29. The van der Waals surface area contributed by atoms with Crippen LogP contribution in [0.5, 0.6) is 0 Å². The number of aryl methyl sites for hydroxylation is 2. The molecule has 0 spiro atoms. The van der Waals surface area contributed by atoms with Crippen molar-refractivity contribution >= 4 is 23.0 Å². The van der Waals surface area contributed by atoms with Crippen molar-refractivity contribution in [2.75, 3.05) is 6.61 Å². The van der Waals surface area contributed by atoms with Gasteiger partial charge in [0.1, 0.15) is 0 Å². The van der Waals surface area contributed by atoms with Crippen LogP contribution >= 0.6 is 0 Å². The third-order valence-electron chi connectivity index (χ3n) is 5.95. The molecule has 1 saturated heterocycles. The lowest BCUT2D eigenvalue weighted by molar-refractivity contribution is 0.0974. The van der Waals surface area contributed by atoms with E-state index in [4.69, 9.17) is 4.74 Å². The first-order valence-electron chi connectivity index (χ1n) is 10.6. The van der Waals surface area contributed by atoms with Gasteiger partial charge in [0.05, 0.1) is 12.6 Å². The minimum absolute atomic E-state index is 0.151. The number of allylic oxidation sites excluding steroid dienone is 1. The summed E-state index contributed by atoms with van der Waals surface area (Å²) in [6, 6.07) is 9.79. The molecule has 1 unspecified atom stereocenters. The van der Waals surface area contributed by atoms with Crippen molar-refractivity contribution in [3.05, 3.63) is 74.7 Å². The second-order valence-corrected chi connectivity index (χ2v) is 8.04. The Morgan fingerprint density at radius 3 is 2.74 bits per heavy atom. The van der Waals surface area contributed by atoms with Crippen LogP contribution in [-0.4, -0.2) is 35.8 Å². The molecule has 8 heteroatoms. The van der Waals surface area contributed by atoms with Crippen LogP contribution in [-0.2, 0) is 24.9 Å². The molecule has 5 rings (SSSR count). The molecule has 0 amide bonds. The highest BCUT2D eigenvalue weighted by atomic mass is 16.5. The third kappa shape index (κ3) is 3.33. The normalized spacial score (nSPS) is 16.9. The molecule has 1 aliphatic rings. The average Bonchev–Trinajstić information content (AvgIpc) is 3.48. The molecular formula is C23H25N5O3. The topological polar surface area (TPSA) is 75.5 Å². The van der Waals surface area contributed by atoms with Gasteiger partial charge in [0.15, 0.2) is 11.2 Å². The summed E-state index contributed by atoms with van der Waals surface area (Å²) in [7, 11) is 1.66. The predicted octanol–water partition coefficient (Wildman–Crippen LogP) is 2.35. The van der Waals surface area contributed by atoms with E-state index in [1.807, 2.05) is 55.6 Å². The van der Waals surface area contributed by atoms with E-state index in [9.17, 15) is 9.59 Å². The molecule has 3 aromatic heterocycles. The van der Waals surface area contributed by atoms with E-state index in [2.05, 4.69) is 9.55 Å². The standard InChI is InChI=1S/C23H25N5O3/c1-16-14-28-19-20(24-22(28)27(16)15-18-11-7-13-31-18)25(2)23(30)26(21(19)29)12-6-10-17-8-4-3-5-9-17/h3-6,8-10,14,18H,7,11-13,15H2,1-2H3. The van der Waals surface area contributed by atoms with Crippen molar-refractivity contribution in [3.63, 3.8) is 0 Å². The molecule has 4 heterocycles. The monoisotopic (exact) mass is 419 g/mol. The van der Waals surface area contributed by atoms with Crippen LogP contribution in [0, 0.1) is 6.92 Å². The second-order valence-electron chi connectivity index (χ2n) is 8.04. The van der Waals surface area contributed by atoms with Crippen LogP contribution in [0.2, 0.25) is 0 Å². The molecule has 8 nitrogen and oxygen atoms in total. The van der Waals surface area contributed by atoms with Crippen molar-refractivity contribution in [1.82, 2.24) is 23.1 Å². The number of fused-ring (bicyclic) bond motifs is 3. The Hall–Kier alpha value is -3.39. The average molecular weight is 419 g/mol. The fourth-order valence-corrected chi connectivity index (χ4v) is 4.29. The van der Waals surface area contributed by atoms with Gasteiger partial charge in [-0.05, 0) is 25.3 Å². The summed E-state index contributed by atoms with van der Waals surface area (Å²) in [5, 5.41) is 0. The lowest BCUT2D eigenvalue weighted by Crippen LogP contribution is -2.39. The van der Waals surface area contributed by atoms with Crippen molar-refractivity contribution in [2.24, 2.45) is 7.05 Å². The first-order valence-corrected chi connectivity index (χ1v) is 10.6. The van der Waals surface area contributed by atoms with Crippen LogP contribution in [0.25, 0.3) is 23.0 Å². The van der Waals surface area contributed by atoms with Crippen LogP contribution in [0.15, 0.2) is 52.2 Å². The van der Waals surface area contributed by atoms with E-state index in [1.54, 1.807) is 11.4 Å². The molecule has 0 bridgehead atoms. The van der Waals surface area contributed by atoms with E-state index >= 15 is 0 Å². The first-order chi connectivity index (χ1) is 15.0. The van der Waals surface area contributed by atoms with Gasteiger partial charge in [0.2, 0.25) is 5.78 Å². The molecule has 1 aromatic carbocycles. The van der Waals surface area contributed by atoms with Crippen LogP contribution in [0.1, 0.15) is 24.1 Å². The Bertz CT molecular complexity index is 1400. The van der Waals surface area contributed by atoms with Crippen LogP contribution in [0.4, 0.5) is 0 Å². The van der Waals surface area contributed by atoms with Gasteiger partial charge in [-0.1, -0.05) is 42.5 Å². The minimum Gasteiger partial charge on any atom is -0.376 e. The summed E-state index contributed by atoms with van der Waals surface area (Å²) in [4.78, 5) is 30.9. The summed E-state index contributed by atoms with van der Waals surface area (Å²) in [5.74, 6) is 0.660. The highest BCUT2D eigenvalue weighted by molar-refractivity contribution is 5.75. The minimum atomic E-state index is -0.377. The number of ether oxygens (including phenoxy) is 1. The van der Waals surface area contributed by atoms with E-state index in [1.165, 1.54) is 9.13 Å². The molecule has 31 heavy (non-hydrogen) atoms. The Labute approximate surface area is 178 Å². The van der Waals surface area contributed by atoms with Gasteiger partial charge < -0.3 is 9.30 Å². The smallest absolute Gasteiger partial charge is 0.332 e. The molecule has 4 aromatic rings. The number of benzene rings is 1. The van der Waals surface area contributed by atoms with Gasteiger partial charge >= 0.3 is 5.69 Å². The van der Waals surface area contributed by atoms with E-state index in [0.717, 1.165) is 30.7 Å². The number of hydrogen-bond acceptors (Lipinski definition) is 4. The lowest BCUT2D eigenvalue weighted by Gasteiger charge is -2.11. The number of hydrogen-bond donors (Lipinski definition) is 0. The molecule has 1 fully saturated rings. The first kappa shape index (κ1) is 19.6. The quantitative estimate of drug-likeness (QED) is 0.498. The molecular weight excluding hydrogens is 394 g/mol. The zero-order chi connectivity index (χ0) is 21.5. The summed E-state index contributed by atoms with van der Waals surface area (Å²) in [6.45, 7) is 3.67.